The van der Waals surface area contributed by atoms with E-state index in [1.807, 2.05) is 12.1 Å². The fraction of sp³-hybridized carbons (Fsp3) is 0.429. The van der Waals surface area contributed by atoms with Gasteiger partial charge in [0.2, 0.25) is 0 Å². The highest BCUT2D eigenvalue weighted by Gasteiger charge is 2.10. The molecule has 2 atom stereocenters. The fourth-order valence-corrected chi connectivity index (χ4v) is 2.09. The maximum absolute atomic E-state index is 5.49. The Morgan fingerprint density at radius 2 is 2.25 bits per heavy atom. The molecule has 1 nitrogen and oxygen atoms in total. The summed E-state index contributed by atoms with van der Waals surface area (Å²) >= 11 is 3.48. The van der Waals surface area contributed by atoms with Crippen molar-refractivity contribution in [3.8, 4) is 12.3 Å². The highest BCUT2D eigenvalue weighted by Crippen LogP contribution is 2.18. The van der Waals surface area contributed by atoms with E-state index in [9.17, 15) is 0 Å². The normalized spacial score (nSPS) is 14.1. The SMILES string of the molecule is C#CC(CCC)NC(C)c1cccc(Br)c1. The summed E-state index contributed by atoms with van der Waals surface area (Å²) in [5, 5.41) is 3.45. The van der Waals surface area contributed by atoms with Crippen molar-refractivity contribution in [2.45, 2.75) is 38.8 Å². The van der Waals surface area contributed by atoms with Crippen LogP contribution in [0.3, 0.4) is 0 Å². The number of hydrogen-bond acceptors (Lipinski definition) is 1. The Labute approximate surface area is 107 Å². The van der Waals surface area contributed by atoms with Gasteiger partial charge in [-0.3, -0.25) is 5.32 Å². The first-order valence-corrected chi connectivity index (χ1v) is 6.44. The van der Waals surface area contributed by atoms with E-state index >= 15 is 0 Å². The molecular formula is C14H18BrN. The van der Waals surface area contributed by atoms with Crippen molar-refractivity contribution in [2.75, 3.05) is 0 Å². The first-order chi connectivity index (χ1) is 7.67. The number of rotatable bonds is 5. The van der Waals surface area contributed by atoms with E-state index in [-0.39, 0.29) is 12.1 Å². The molecule has 1 rings (SSSR count). The molecule has 0 saturated carbocycles. The summed E-state index contributed by atoms with van der Waals surface area (Å²) in [5.41, 5.74) is 1.26. The second kappa shape index (κ2) is 6.73. The van der Waals surface area contributed by atoms with Crippen LogP contribution in [-0.2, 0) is 0 Å². The van der Waals surface area contributed by atoms with Gasteiger partial charge in [-0.05, 0) is 31.0 Å². The summed E-state index contributed by atoms with van der Waals surface area (Å²) < 4.78 is 1.10. The molecule has 1 N–H and O–H groups in total. The molecule has 0 saturated heterocycles. The summed E-state index contributed by atoms with van der Waals surface area (Å²) in [4.78, 5) is 0. The van der Waals surface area contributed by atoms with E-state index in [1.54, 1.807) is 0 Å². The van der Waals surface area contributed by atoms with Crippen molar-refractivity contribution >= 4 is 15.9 Å². The average molecular weight is 280 g/mol. The molecule has 1 aromatic rings. The molecule has 0 amide bonds. The van der Waals surface area contributed by atoms with E-state index in [0.717, 1.165) is 17.3 Å². The Morgan fingerprint density at radius 1 is 1.50 bits per heavy atom. The minimum Gasteiger partial charge on any atom is -0.297 e. The Balaban J connectivity index is 2.64. The zero-order chi connectivity index (χ0) is 12.0. The molecule has 0 fully saturated rings. The molecule has 0 aliphatic rings. The van der Waals surface area contributed by atoms with E-state index in [4.69, 9.17) is 6.42 Å². The van der Waals surface area contributed by atoms with Crippen LogP contribution in [0.25, 0.3) is 0 Å². The minimum absolute atomic E-state index is 0.166. The highest BCUT2D eigenvalue weighted by molar-refractivity contribution is 9.10. The van der Waals surface area contributed by atoms with Crippen molar-refractivity contribution in [1.82, 2.24) is 5.32 Å². The van der Waals surface area contributed by atoms with Crippen molar-refractivity contribution in [1.29, 1.82) is 0 Å². The zero-order valence-electron chi connectivity index (χ0n) is 9.83. The van der Waals surface area contributed by atoms with Crippen LogP contribution in [0, 0.1) is 12.3 Å². The molecule has 0 aliphatic carbocycles. The maximum atomic E-state index is 5.49. The van der Waals surface area contributed by atoms with Gasteiger partial charge in [0.15, 0.2) is 0 Å². The molecule has 2 heteroatoms. The lowest BCUT2D eigenvalue weighted by Crippen LogP contribution is -2.30. The Bertz CT molecular complexity index is 367. The maximum Gasteiger partial charge on any atom is 0.0691 e. The van der Waals surface area contributed by atoms with Gasteiger partial charge < -0.3 is 0 Å². The monoisotopic (exact) mass is 279 g/mol. The second-order valence-corrected chi connectivity index (χ2v) is 4.87. The molecule has 0 spiro atoms. The lowest BCUT2D eigenvalue weighted by Gasteiger charge is -2.19. The third-order valence-corrected chi connectivity index (χ3v) is 3.07. The highest BCUT2D eigenvalue weighted by atomic mass is 79.9. The second-order valence-electron chi connectivity index (χ2n) is 3.95. The van der Waals surface area contributed by atoms with Gasteiger partial charge in [-0.15, -0.1) is 6.42 Å². The van der Waals surface area contributed by atoms with Crippen molar-refractivity contribution in [2.24, 2.45) is 0 Å². The fourth-order valence-electron chi connectivity index (χ4n) is 1.68. The first kappa shape index (κ1) is 13.3. The standard InChI is InChI=1S/C14H18BrN/c1-4-7-14(5-2)16-11(3)12-8-6-9-13(15)10-12/h2,6,8-11,14,16H,4,7H2,1,3H3. The number of nitrogens with one attached hydrogen (secondary N) is 1. The smallest absolute Gasteiger partial charge is 0.0691 e. The summed E-state index contributed by atoms with van der Waals surface area (Å²) in [5.74, 6) is 2.80. The lowest BCUT2D eigenvalue weighted by molar-refractivity contribution is 0.495. The molecular weight excluding hydrogens is 262 g/mol. The van der Waals surface area contributed by atoms with Gasteiger partial charge in [-0.1, -0.05) is 47.3 Å². The largest absolute Gasteiger partial charge is 0.297 e. The molecule has 0 aliphatic heterocycles. The van der Waals surface area contributed by atoms with Crippen LogP contribution in [0.2, 0.25) is 0 Å². The van der Waals surface area contributed by atoms with E-state index in [1.165, 1.54) is 5.56 Å². The van der Waals surface area contributed by atoms with Crippen LogP contribution in [0.15, 0.2) is 28.7 Å². The molecule has 0 aromatic heterocycles. The summed E-state index contributed by atoms with van der Waals surface area (Å²) in [6.07, 6.45) is 7.62. The molecule has 16 heavy (non-hydrogen) atoms. The molecule has 0 radical (unpaired) electrons. The van der Waals surface area contributed by atoms with Crippen LogP contribution >= 0.6 is 15.9 Å². The van der Waals surface area contributed by atoms with Crippen molar-refractivity contribution < 1.29 is 0 Å². The molecule has 1 aromatic carbocycles. The van der Waals surface area contributed by atoms with Crippen LogP contribution in [-0.4, -0.2) is 6.04 Å². The molecule has 0 heterocycles. The van der Waals surface area contributed by atoms with Crippen LogP contribution < -0.4 is 5.32 Å². The van der Waals surface area contributed by atoms with Crippen molar-refractivity contribution in [3.05, 3.63) is 34.3 Å². The third-order valence-electron chi connectivity index (χ3n) is 2.58. The first-order valence-electron chi connectivity index (χ1n) is 5.65. The quantitative estimate of drug-likeness (QED) is 0.806. The van der Waals surface area contributed by atoms with Gasteiger partial charge >= 0.3 is 0 Å². The Morgan fingerprint density at radius 3 is 2.81 bits per heavy atom. The van der Waals surface area contributed by atoms with Gasteiger partial charge in [0.1, 0.15) is 0 Å². The molecule has 0 bridgehead atoms. The lowest BCUT2D eigenvalue weighted by atomic mass is 10.1. The van der Waals surface area contributed by atoms with Gasteiger partial charge in [0, 0.05) is 10.5 Å². The van der Waals surface area contributed by atoms with Crippen molar-refractivity contribution in [3.63, 3.8) is 0 Å². The molecule has 86 valence electrons. The van der Waals surface area contributed by atoms with Gasteiger partial charge in [-0.2, -0.15) is 0 Å². The van der Waals surface area contributed by atoms with E-state index in [0.29, 0.717) is 0 Å². The average Bonchev–Trinajstić information content (AvgIpc) is 2.28. The van der Waals surface area contributed by atoms with Gasteiger partial charge in [0.05, 0.1) is 6.04 Å². The molecule has 2 unspecified atom stereocenters. The zero-order valence-corrected chi connectivity index (χ0v) is 11.4. The van der Waals surface area contributed by atoms with E-state index in [2.05, 4.69) is 53.1 Å². The van der Waals surface area contributed by atoms with Crippen LogP contribution in [0.5, 0.6) is 0 Å². The predicted octanol–water partition coefficient (Wildman–Crippen LogP) is 3.90. The number of terminal acetylenes is 1. The number of halogens is 1. The Kier molecular flexibility index (Phi) is 5.59. The Hall–Kier alpha value is -0.780. The van der Waals surface area contributed by atoms with E-state index < -0.39 is 0 Å². The minimum atomic E-state index is 0.166. The summed E-state index contributed by atoms with van der Waals surface area (Å²) in [6.45, 7) is 4.29. The number of benzene rings is 1. The van der Waals surface area contributed by atoms with Crippen LogP contribution in [0.4, 0.5) is 0 Å². The number of hydrogen-bond donors (Lipinski definition) is 1. The predicted molar refractivity (Wildman–Crippen MR) is 73.2 cm³/mol. The third kappa shape index (κ3) is 4.00. The summed E-state index contributed by atoms with van der Waals surface area (Å²) in [7, 11) is 0. The topological polar surface area (TPSA) is 12.0 Å². The van der Waals surface area contributed by atoms with Gasteiger partial charge in [0.25, 0.3) is 0 Å². The summed E-state index contributed by atoms with van der Waals surface area (Å²) in [6, 6.07) is 8.76. The van der Waals surface area contributed by atoms with Gasteiger partial charge in [-0.25, -0.2) is 0 Å². The van der Waals surface area contributed by atoms with Crippen LogP contribution in [0.1, 0.15) is 38.3 Å².